The van der Waals surface area contributed by atoms with Crippen LogP contribution < -0.4 is 5.32 Å². The van der Waals surface area contributed by atoms with Crippen molar-refractivity contribution in [1.29, 1.82) is 0 Å². The Morgan fingerprint density at radius 1 is 1.07 bits per heavy atom. The second kappa shape index (κ2) is 8.93. The van der Waals surface area contributed by atoms with Crippen LogP contribution in [0, 0.1) is 0 Å². The fourth-order valence-electron chi connectivity index (χ4n) is 3.78. The summed E-state index contributed by atoms with van der Waals surface area (Å²) in [6.45, 7) is 6.72. The predicted octanol–water partition coefficient (Wildman–Crippen LogP) is 1.92. The number of piperazine rings is 1. The molecule has 0 bridgehead atoms. The largest absolute Gasteiger partial charge is 0.444 e. The molecule has 8 nitrogen and oxygen atoms in total. The number of nitrogens with zero attached hydrogens (tertiary/aromatic N) is 2. The Kier molecular flexibility index (Phi) is 6.71. The van der Waals surface area contributed by atoms with Gasteiger partial charge in [0.1, 0.15) is 5.60 Å². The van der Waals surface area contributed by atoms with Gasteiger partial charge in [-0.25, -0.2) is 13.2 Å². The summed E-state index contributed by atoms with van der Waals surface area (Å²) in [6.07, 6.45) is 2.61. The number of carbonyl (C=O) groups excluding carboxylic acids is 2. The summed E-state index contributed by atoms with van der Waals surface area (Å²) in [5, 5.41) is 2.57. The molecule has 1 aliphatic carbocycles. The van der Waals surface area contributed by atoms with Gasteiger partial charge in [-0.2, -0.15) is 4.31 Å². The molecule has 0 saturated carbocycles. The highest BCUT2D eigenvalue weighted by Gasteiger charge is 2.30. The lowest BCUT2D eigenvalue weighted by atomic mass is 10.1. The number of amides is 2. The molecule has 1 aromatic rings. The maximum atomic E-state index is 13.0. The van der Waals surface area contributed by atoms with Crippen LogP contribution in [0.15, 0.2) is 23.1 Å². The van der Waals surface area contributed by atoms with E-state index in [0.717, 1.165) is 24.8 Å². The molecule has 0 aromatic heterocycles. The molecule has 1 heterocycles. The van der Waals surface area contributed by atoms with Gasteiger partial charge in [0.2, 0.25) is 15.9 Å². The quantitative estimate of drug-likeness (QED) is 0.759. The third-order valence-corrected chi connectivity index (χ3v) is 7.20. The van der Waals surface area contributed by atoms with Crippen molar-refractivity contribution >= 4 is 22.0 Å². The minimum atomic E-state index is -3.56. The van der Waals surface area contributed by atoms with Crippen molar-refractivity contribution in [2.45, 2.75) is 57.0 Å². The van der Waals surface area contributed by atoms with E-state index >= 15 is 0 Å². The van der Waals surface area contributed by atoms with Gasteiger partial charge in [0.15, 0.2) is 0 Å². The maximum Gasteiger partial charge on any atom is 0.407 e. The van der Waals surface area contributed by atoms with Gasteiger partial charge in [-0.3, -0.25) is 4.79 Å². The summed E-state index contributed by atoms with van der Waals surface area (Å²) >= 11 is 0. The third-order valence-electron chi connectivity index (χ3n) is 5.31. The van der Waals surface area contributed by atoms with Crippen LogP contribution in [0.1, 0.15) is 44.7 Å². The molecule has 30 heavy (non-hydrogen) atoms. The standard InChI is InChI=1S/C21H31N3O5S/c1-21(2,3)29-20(26)22-10-9-19(25)23-11-13-24(14-12-23)30(27,28)18-8-7-16-5-4-6-17(16)15-18/h7-8,15H,4-6,9-14H2,1-3H3,(H,22,26). The van der Waals surface area contributed by atoms with Crippen molar-refractivity contribution in [3.05, 3.63) is 29.3 Å². The van der Waals surface area contributed by atoms with Crippen molar-refractivity contribution < 1.29 is 22.7 Å². The van der Waals surface area contributed by atoms with Gasteiger partial charge in [0, 0.05) is 39.1 Å². The summed E-state index contributed by atoms with van der Waals surface area (Å²) in [4.78, 5) is 26.0. The summed E-state index contributed by atoms with van der Waals surface area (Å²) in [5.74, 6) is -0.111. The molecule has 2 aliphatic rings. The minimum absolute atomic E-state index is 0.111. The molecule has 0 radical (unpaired) electrons. The molecule has 3 rings (SSSR count). The Labute approximate surface area is 178 Å². The van der Waals surface area contributed by atoms with E-state index in [4.69, 9.17) is 4.74 Å². The highest BCUT2D eigenvalue weighted by Crippen LogP contribution is 2.26. The van der Waals surface area contributed by atoms with Crippen molar-refractivity contribution in [2.75, 3.05) is 32.7 Å². The number of aryl methyl sites for hydroxylation is 2. The van der Waals surface area contributed by atoms with Crippen LogP contribution in [0.3, 0.4) is 0 Å². The van der Waals surface area contributed by atoms with Crippen molar-refractivity contribution in [2.24, 2.45) is 0 Å². The fraction of sp³-hybridized carbons (Fsp3) is 0.619. The zero-order valence-electron chi connectivity index (χ0n) is 17.9. The Morgan fingerprint density at radius 3 is 2.40 bits per heavy atom. The molecule has 9 heteroatoms. The Balaban J connectivity index is 1.48. The molecular weight excluding hydrogens is 406 g/mol. The van der Waals surface area contributed by atoms with E-state index in [0.29, 0.717) is 18.0 Å². The number of benzene rings is 1. The average Bonchev–Trinajstić information content (AvgIpc) is 3.14. The smallest absolute Gasteiger partial charge is 0.407 e. The van der Waals surface area contributed by atoms with Gasteiger partial charge in [0.05, 0.1) is 4.90 Å². The number of rotatable bonds is 5. The van der Waals surface area contributed by atoms with Gasteiger partial charge >= 0.3 is 6.09 Å². The topological polar surface area (TPSA) is 96.0 Å². The van der Waals surface area contributed by atoms with Crippen LogP contribution in [-0.2, 0) is 32.4 Å². The molecule has 166 valence electrons. The highest BCUT2D eigenvalue weighted by molar-refractivity contribution is 7.89. The molecule has 0 atom stereocenters. The second-order valence-corrected chi connectivity index (χ2v) is 10.7. The first kappa shape index (κ1) is 22.6. The first-order valence-electron chi connectivity index (χ1n) is 10.4. The lowest BCUT2D eigenvalue weighted by molar-refractivity contribution is -0.132. The monoisotopic (exact) mass is 437 g/mol. The lowest BCUT2D eigenvalue weighted by Gasteiger charge is -2.34. The number of carbonyl (C=O) groups is 2. The van der Waals surface area contributed by atoms with Crippen molar-refractivity contribution in [3.63, 3.8) is 0 Å². The minimum Gasteiger partial charge on any atom is -0.444 e. The van der Waals surface area contributed by atoms with Gasteiger partial charge in [0.25, 0.3) is 0 Å². The van der Waals surface area contributed by atoms with Crippen LogP contribution in [0.5, 0.6) is 0 Å². The van der Waals surface area contributed by atoms with E-state index in [9.17, 15) is 18.0 Å². The Hall–Kier alpha value is -2.13. The average molecular weight is 438 g/mol. The zero-order valence-corrected chi connectivity index (χ0v) is 18.8. The number of alkyl carbamates (subject to hydrolysis) is 1. The van der Waals surface area contributed by atoms with Crippen LogP contribution in [0.25, 0.3) is 0 Å². The van der Waals surface area contributed by atoms with E-state index in [-0.39, 0.29) is 32.0 Å². The number of sulfonamides is 1. The van der Waals surface area contributed by atoms with Crippen molar-refractivity contribution in [3.8, 4) is 0 Å². The third kappa shape index (κ3) is 5.51. The van der Waals surface area contributed by atoms with Crippen molar-refractivity contribution in [1.82, 2.24) is 14.5 Å². The lowest BCUT2D eigenvalue weighted by Crippen LogP contribution is -2.50. The Morgan fingerprint density at radius 2 is 1.73 bits per heavy atom. The molecule has 1 fully saturated rings. The molecule has 1 saturated heterocycles. The van der Waals surface area contributed by atoms with Gasteiger partial charge in [-0.1, -0.05) is 6.07 Å². The summed E-state index contributed by atoms with van der Waals surface area (Å²) in [5.41, 5.74) is 1.78. The molecule has 0 spiro atoms. The second-order valence-electron chi connectivity index (χ2n) is 8.75. The van der Waals surface area contributed by atoms with Gasteiger partial charge in [-0.05, 0) is 63.3 Å². The Bertz CT molecular complexity index is 900. The molecule has 1 aromatic carbocycles. The number of nitrogens with one attached hydrogen (secondary N) is 1. The number of hydrogen-bond acceptors (Lipinski definition) is 5. The molecule has 0 unspecified atom stereocenters. The highest BCUT2D eigenvalue weighted by atomic mass is 32.2. The van der Waals surface area contributed by atoms with E-state index in [1.54, 1.807) is 37.8 Å². The first-order chi connectivity index (χ1) is 14.1. The first-order valence-corrected chi connectivity index (χ1v) is 11.9. The fourth-order valence-corrected chi connectivity index (χ4v) is 5.25. The van der Waals surface area contributed by atoms with Crippen LogP contribution in [0.2, 0.25) is 0 Å². The van der Waals surface area contributed by atoms with E-state index in [2.05, 4.69) is 5.32 Å². The van der Waals surface area contributed by atoms with Crippen LogP contribution in [0.4, 0.5) is 4.79 Å². The SMILES string of the molecule is CC(C)(C)OC(=O)NCCC(=O)N1CCN(S(=O)(=O)c2ccc3c(c2)CCC3)CC1. The van der Waals surface area contributed by atoms with E-state index in [1.807, 2.05) is 6.07 Å². The summed E-state index contributed by atoms with van der Waals surface area (Å²) in [7, 11) is -3.56. The molecular formula is C21H31N3O5S. The number of ether oxygens (including phenoxy) is 1. The summed E-state index contributed by atoms with van der Waals surface area (Å²) < 4.78 is 32.6. The maximum absolute atomic E-state index is 13.0. The number of fused-ring (bicyclic) bond motifs is 1. The summed E-state index contributed by atoms with van der Waals surface area (Å²) in [6, 6.07) is 5.42. The van der Waals surface area contributed by atoms with E-state index in [1.165, 1.54) is 9.87 Å². The zero-order chi connectivity index (χ0) is 21.9. The van der Waals surface area contributed by atoms with E-state index < -0.39 is 21.7 Å². The normalized spacial score (nSPS) is 17.5. The molecule has 1 aliphatic heterocycles. The predicted molar refractivity (Wildman–Crippen MR) is 113 cm³/mol. The van der Waals surface area contributed by atoms with Gasteiger partial charge < -0.3 is 15.0 Å². The number of hydrogen-bond donors (Lipinski definition) is 1. The molecule has 2 amide bonds. The van der Waals surface area contributed by atoms with Crippen LogP contribution >= 0.6 is 0 Å². The van der Waals surface area contributed by atoms with Crippen LogP contribution in [-0.4, -0.2) is 67.9 Å². The molecule has 1 N–H and O–H groups in total. The van der Waals surface area contributed by atoms with Gasteiger partial charge in [-0.15, -0.1) is 0 Å².